The van der Waals surface area contributed by atoms with Crippen molar-refractivity contribution in [2.24, 2.45) is 0 Å². The molecule has 31 heavy (non-hydrogen) atoms. The minimum absolute atomic E-state index is 0.189. The summed E-state index contributed by atoms with van der Waals surface area (Å²) in [7, 11) is 0. The lowest BCUT2D eigenvalue weighted by molar-refractivity contribution is 0.102. The molecule has 0 atom stereocenters. The molecule has 4 aromatic rings. The lowest BCUT2D eigenvalue weighted by Gasteiger charge is -2.23. The summed E-state index contributed by atoms with van der Waals surface area (Å²) >= 11 is 5.99. The summed E-state index contributed by atoms with van der Waals surface area (Å²) in [6.07, 6.45) is 4.18. The van der Waals surface area contributed by atoms with E-state index in [2.05, 4.69) is 64.2 Å². The molecule has 0 fully saturated rings. The van der Waals surface area contributed by atoms with Crippen molar-refractivity contribution in [2.75, 3.05) is 22.1 Å². The zero-order valence-corrected chi connectivity index (χ0v) is 17.4. The van der Waals surface area contributed by atoms with Gasteiger partial charge in [0.2, 0.25) is 0 Å². The number of hydrogen-bond donors (Lipinski definition) is 2. The average Bonchev–Trinajstić information content (AvgIpc) is 3.02. The van der Waals surface area contributed by atoms with Gasteiger partial charge in [0.1, 0.15) is 0 Å². The van der Waals surface area contributed by atoms with Gasteiger partial charge in [-0.3, -0.25) is 4.79 Å². The topological polar surface area (TPSA) is 44.4 Å². The fraction of sp³-hybridized carbons (Fsp3) is 0.0385. The molecule has 4 nitrogen and oxygen atoms in total. The van der Waals surface area contributed by atoms with Crippen LogP contribution < -0.4 is 15.5 Å². The number of carbonyl (C=O) groups excluding carboxylic acids is 1. The fourth-order valence-corrected chi connectivity index (χ4v) is 4.00. The Bertz CT molecular complexity index is 1300. The Morgan fingerprint density at radius 1 is 0.935 bits per heavy atom. The molecule has 1 amide bonds. The van der Waals surface area contributed by atoms with Gasteiger partial charge in [0.15, 0.2) is 0 Å². The van der Waals surface area contributed by atoms with Gasteiger partial charge >= 0.3 is 0 Å². The van der Waals surface area contributed by atoms with E-state index in [1.807, 2.05) is 24.3 Å². The van der Waals surface area contributed by atoms with E-state index in [-0.39, 0.29) is 5.91 Å². The van der Waals surface area contributed by atoms with E-state index in [1.165, 1.54) is 10.8 Å². The zero-order chi connectivity index (χ0) is 21.2. The third-order valence-corrected chi connectivity index (χ3v) is 5.54. The Balaban J connectivity index is 1.43. The van der Waals surface area contributed by atoms with Crippen LogP contribution in [0.2, 0.25) is 5.02 Å². The number of nitrogens with one attached hydrogen (secondary N) is 2. The predicted molar refractivity (Wildman–Crippen MR) is 130 cm³/mol. The first kappa shape index (κ1) is 19.2. The summed E-state index contributed by atoms with van der Waals surface area (Å²) in [6.45, 7) is 0.755. The van der Waals surface area contributed by atoms with Gasteiger partial charge in [-0.15, -0.1) is 0 Å². The van der Waals surface area contributed by atoms with E-state index >= 15 is 0 Å². The molecule has 1 aliphatic rings. The van der Waals surface area contributed by atoms with E-state index < -0.39 is 0 Å². The zero-order valence-electron chi connectivity index (χ0n) is 16.7. The van der Waals surface area contributed by atoms with Crippen molar-refractivity contribution in [3.05, 3.63) is 108 Å². The van der Waals surface area contributed by atoms with Gasteiger partial charge in [-0.25, -0.2) is 0 Å². The van der Waals surface area contributed by atoms with Crippen LogP contribution in [0.3, 0.4) is 0 Å². The fourth-order valence-electron chi connectivity index (χ4n) is 3.81. The van der Waals surface area contributed by atoms with Crippen LogP contribution in [0.1, 0.15) is 10.4 Å². The molecule has 0 unspecified atom stereocenters. The van der Waals surface area contributed by atoms with Crippen LogP contribution in [0.5, 0.6) is 0 Å². The molecular formula is C26H20ClN3O. The quantitative estimate of drug-likeness (QED) is 0.378. The summed E-state index contributed by atoms with van der Waals surface area (Å²) in [6, 6.07) is 27.4. The number of amides is 1. The lowest BCUT2D eigenvalue weighted by Crippen LogP contribution is -2.12. The molecule has 0 aromatic heterocycles. The molecule has 2 N–H and O–H groups in total. The van der Waals surface area contributed by atoms with Gasteiger partial charge in [-0.2, -0.15) is 0 Å². The monoisotopic (exact) mass is 425 g/mol. The summed E-state index contributed by atoms with van der Waals surface area (Å²) in [5.41, 5.74) is 4.46. The first-order chi connectivity index (χ1) is 15.2. The van der Waals surface area contributed by atoms with Crippen molar-refractivity contribution < 1.29 is 4.79 Å². The molecule has 0 saturated carbocycles. The van der Waals surface area contributed by atoms with Crippen molar-refractivity contribution in [3.8, 4) is 0 Å². The van der Waals surface area contributed by atoms with Crippen LogP contribution in [-0.4, -0.2) is 12.5 Å². The molecule has 0 bridgehead atoms. The highest BCUT2D eigenvalue weighted by molar-refractivity contribution is 6.31. The molecule has 1 heterocycles. The van der Waals surface area contributed by atoms with Crippen molar-refractivity contribution in [1.29, 1.82) is 0 Å². The molecular weight excluding hydrogens is 406 g/mol. The molecule has 1 aliphatic heterocycles. The maximum atomic E-state index is 12.5. The minimum atomic E-state index is -0.189. The maximum absolute atomic E-state index is 12.5. The van der Waals surface area contributed by atoms with Crippen molar-refractivity contribution >= 4 is 51.0 Å². The van der Waals surface area contributed by atoms with E-state index in [4.69, 9.17) is 11.6 Å². The number of benzene rings is 4. The van der Waals surface area contributed by atoms with Crippen LogP contribution in [0.15, 0.2) is 97.2 Å². The summed E-state index contributed by atoms with van der Waals surface area (Å²) in [4.78, 5) is 14.6. The van der Waals surface area contributed by atoms with E-state index in [0.717, 1.165) is 29.3 Å². The number of fused-ring (bicyclic) bond motifs is 3. The lowest BCUT2D eigenvalue weighted by atomic mass is 10.1. The summed E-state index contributed by atoms with van der Waals surface area (Å²) in [5, 5.41) is 9.39. The van der Waals surface area contributed by atoms with Crippen LogP contribution in [0.4, 0.5) is 22.7 Å². The van der Waals surface area contributed by atoms with Gasteiger partial charge in [0.05, 0.1) is 11.4 Å². The standard InChI is InChI=1S/C26H20ClN3O/c27-20-7-3-6-19(17-20)26(31)29-21-10-12-22(13-11-21)30-16-4-15-28-25-23-8-2-1-5-18(23)9-14-24(25)30/h1-14,16-17,28H,15H2,(H,29,31). The minimum Gasteiger partial charge on any atom is -0.379 e. The van der Waals surface area contributed by atoms with Crippen LogP contribution in [0, 0.1) is 0 Å². The molecule has 5 heteroatoms. The number of anilines is 4. The maximum Gasteiger partial charge on any atom is 0.255 e. The van der Waals surface area contributed by atoms with Crippen molar-refractivity contribution in [2.45, 2.75) is 0 Å². The number of nitrogens with zero attached hydrogens (tertiary/aromatic N) is 1. The van der Waals surface area contributed by atoms with Crippen LogP contribution in [-0.2, 0) is 0 Å². The van der Waals surface area contributed by atoms with E-state index in [0.29, 0.717) is 10.6 Å². The van der Waals surface area contributed by atoms with Gasteiger partial charge in [0, 0.05) is 40.1 Å². The molecule has 5 rings (SSSR count). The van der Waals surface area contributed by atoms with Gasteiger partial charge < -0.3 is 15.5 Å². The number of rotatable bonds is 3. The SMILES string of the molecule is O=C(Nc1ccc(N2C=CCNc3c2ccc2ccccc32)cc1)c1cccc(Cl)c1. The van der Waals surface area contributed by atoms with Crippen molar-refractivity contribution in [3.63, 3.8) is 0 Å². The second-order valence-corrected chi connectivity index (χ2v) is 7.76. The van der Waals surface area contributed by atoms with Crippen LogP contribution >= 0.6 is 11.6 Å². The van der Waals surface area contributed by atoms with Crippen molar-refractivity contribution in [1.82, 2.24) is 0 Å². The molecule has 0 aliphatic carbocycles. The second kappa shape index (κ2) is 8.17. The predicted octanol–water partition coefficient (Wildman–Crippen LogP) is 6.82. The van der Waals surface area contributed by atoms with E-state index in [1.54, 1.807) is 24.3 Å². The second-order valence-electron chi connectivity index (χ2n) is 7.33. The number of hydrogen-bond acceptors (Lipinski definition) is 3. The molecule has 0 spiro atoms. The Kier molecular flexibility index (Phi) is 5.06. The highest BCUT2D eigenvalue weighted by Crippen LogP contribution is 2.39. The Morgan fingerprint density at radius 2 is 1.77 bits per heavy atom. The highest BCUT2D eigenvalue weighted by atomic mass is 35.5. The largest absolute Gasteiger partial charge is 0.379 e. The Morgan fingerprint density at radius 3 is 2.61 bits per heavy atom. The normalized spacial score (nSPS) is 12.7. The Hall–Kier alpha value is -3.76. The molecule has 4 aromatic carbocycles. The van der Waals surface area contributed by atoms with Crippen LogP contribution in [0.25, 0.3) is 10.8 Å². The first-order valence-electron chi connectivity index (χ1n) is 10.1. The van der Waals surface area contributed by atoms with Gasteiger partial charge in [-0.1, -0.05) is 48.0 Å². The number of halogens is 1. The third kappa shape index (κ3) is 3.86. The molecule has 0 radical (unpaired) electrons. The smallest absolute Gasteiger partial charge is 0.255 e. The first-order valence-corrected chi connectivity index (χ1v) is 10.5. The number of carbonyl (C=O) groups is 1. The molecule has 0 saturated heterocycles. The van der Waals surface area contributed by atoms with Gasteiger partial charge in [0.25, 0.3) is 5.91 Å². The average molecular weight is 426 g/mol. The highest BCUT2D eigenvalue weighted by Gasteiger charge is 2.16. The molecule has 152 valence electrons. The Labute approximate surface area is 185 Å². The summed E-state index contributed by atoms with van der Waals surface area (Å²) < 4.78 is 0. The third-order valence-electron chi connectivity index (χ3n) is 5.31. The summed E-state index contributed by atoms with van der Waals surface area (Å²) in [5.74, 6) is -0.189. The van der Waals surface area contributed by atoms with E-state index in [9.17, 15) is 4.79 Å². The van der Waals surface area contributed by atoms with Gasteiger partial charge in [-0.05, 0) is 60.0 Å².